The van der Waals surface area contributed by atoms with Gasteiger partial charge in [-0.2, -0.15) is 0 Å². The summed E-state index contributed by atoms with van der Waals surface area (Å²) in [5.74, 6) is 2.81. The lowest BCUT2D eigenvalue weighted by molar-refractivity contribution is 0.111. The summed E-state index contributed by atoms with van der Waals surface area (Å²) in [6.07, 6.45) is 2.16. The van der Waals surface area contributed by atoms with Gasteiger partial charge in [0.05, 0.1) is 13.2 Å². The lowest BCUT2D eigenvalue weighted by atomic mass is 9.96. The molecule has 0 atom stereocenters. The average molecular weight is 313 g/mol. The van der Waals surface area contributed by atoms with Crippen LogP contribution in [0.4, 0.5) is 0 Å². The summed E-state index contributed by atoms with van der Waals surface area (Å²) in [7, 11) is 0. The Hall–Kier alpha value is -0.730. The summed E-state index contributed by atoms with van der Waals surface area (Å²) in [5.41, 5.74) is 2.70. The Labute approximate surface area is 134 Å². The number of ether oxygens (including phenoxy) is 2. The molecule has 0 fully saturated rings. The molecule has 2 nitrogen and oxygen atoms in total. The molecule has 0 spiro atoms. The highest BCUT2D eigenvalue weighted by atomic mass is 35.5. The van der Waals surface area contributed by atoms with E-state index in [4.69, 9.17) is 21.1 Å². The second-order valence-electron chi connectivity index (χ2n) is 6.29. The van der Waals surface area contributed by atoms with Crippen LogP contribution < -0.4 is 4.74 Å². The van der Waals surface area contributed by atoms with Crippen molar-refractivity contribution in [2.24, 2.45) is 11.8 Å². The van der Waals surface area contributed by atoms with Crippen molar-refractivity contribution in [3.05, 3.63) is 29.3 Å². The minimum atomic E-state index is 0.530. The van der Waals surface area contributed by atoms with Crippen LogP contribution in [0.1, 0.15) is 38.8 Å². The lowest BCUT2D eigenvalue weighted by Gasteiger charge is -2.15. The third-order valence-corrected chi connectivity index (χ3v) is 3.26. The zero-order valence-corrected chi connectivity index (χ0v) is 14.6. The van der Waals surface area contributed by atoms with Gasteiger partial charge in [0.15, 0.2) is 0 Å². The van der Waals surface area contributed by atoms with E-state index in [9.17, 15) is 0 Å². The van der Waals surface area contributed by atoms with Gasteiger partial charge in [-0.3, -0.25) is 0 Å². The van der Waals surface area contributed by atoms with Gasteiger partial charge in [-0.15, -0.1) is 11.6 Å². The maximum Gasteiger partial charge on any atom is 0.122 e. The first kappa shape index (κ1) is 18.3. The summed E-state index contributed by atoms with van der Waals surface area (Å²) in [4.78, 5) is 0. The van der Waals surface area contributed by atoms with Crippen LogP contribution in [0.15, 0.2) is 18.2 Å². The van der Waals surface area contributed by atoms with E-state index in [2.05, 4.69) is 45.9 Å². The zero-order valence-electron chi connectivity index (χ0n) is 13.8. The minimum absolute atomic E-state index is 0.530. The van der Waals surface area contributed by atoms with Gasteiger partial charge in [-0.1, -0.05) is 39.8 Å². The summed E-state index contributed by atoms with van der Waals surface area (Å²) >= 11 is 5.57. The first-order valence-electron chi connectivity index (χ1n) is 7.91. The number of rotatable bonds is 10. The second-order valence-corrected chi connectivity index (χ2v) is 6.67. The predicted octanol–water partition coefficient (Wildman–Crippen LogP) is 4.72. The van der Waals surface area contributed by atoms with Crippen molar-refractivity contribution in [2.75, 3.05) is 25.7 Å². The molecule has 0 saturated heterocycles. The lowest BCUT2D eigenvalue weighted by Crippen LogP contribution is -2.10. The van der Waals surface area contributed by atoms with E-state index in [1.165, 1.54) is 11.1 Å². The molecule has 0 radical (unpaired) electrons. The molecule has 0 saturated carbocycles. The van der Waals surface area contributed by atoms with E-state index in [0.29, 0.717) is 37.5 Å². The quantitative estimate of drug-likeness (QED) is 0.460. The third kappa shape index (κ3) is 7.73. The molecule has 0 unspecified atom stereocenters. The smallest absolute Gasteiger partial charge is 0.122 e. The zero-order chi connectivity index (χ0) is 15.7. The summed E-state index contributed by atoms with van der Waals surface area (Å²) in [6, 6.07) is 6.59. The molecular weight excluding hydrogens is 284 g/mol. The molecule has 0 aliphatic carbocycles. The molecule has 0 heterocycles. The van der Waals surface area contributed by atoms with E-state index >= 15 is 0 Å². The Bertz CT molecular complexity index is 402. The maximum absolute atomic E-state index is 5.88. The van der Waals surface area contributed by atoms with Crippen LogP contribution in [0.5, 0.6) is 5.75 Å². The third-order valence-electron chi connectivity index (χ3n) is 3.10. The average Bonchev–Trinajstić information content (AvgIpc) is 2.39. The molecule has 0 N–H and O–H groups in total. The van der Waals surface area contributed by atoms with Crippen molar-refractivity contribution < 1.29 is 9.47 Å². The topological polar surface area (TPSA) is 18.5 Å². The Morgan fingerprint density at radius 1 is 0.952 bits per heavy atom. The molecule has 3 heteroatoms. The molecule has 0 bridgehead atoms. The van der Waals surface area contributed by atoms with Crippen LogP contribution in [0.2, 0.25) is 0 Å². The number of halogens is 1. The standard InChI is InChI=1S/C18H29ClO2/c1-14(2)11-16-5-6-18(17(13-16)12-15(3)4)21-10-9-20-8-7-19/h5-6,13-15H,7-12H2,1-4H3. The Morgan fingerprint density at radius 3 is 2.29 bits per heavy atom. The highest BCUT2D eigenvalue weighted by Gasteiger charge is 2.08. The maximum atomic E-state index is 5.88. The largest absolute Gasteiger partial charge is 0.491 e. The molecule has 21 heavy (non-hydrogen) atoms. The molecule has 1 rings (SSSR count). The summed E-state index contributed by atoms with van der Waals surface area (Å²) in [6.45, 7) is 10.7. The fourth-order valence-electron chi connectivity index (χ4n) is 2.34. The Kier molecular flexibility index (Phi) is 8.79. The molecule has 0 amide bonds. The van der Waals surface area contributed by atoms with E-state index < -0.39 is 0 Å². The second kappa shape index (κ2) is 10.1. The van der Waals surface area contributed by atoms with Crippen molar-refractivity contribution in [3.8, 4) is 5.75 Å². The van der Waals surface area contributed by atoms with Crippen molar-refractivity contribution >= 4 is 11.6 Å². The van der Waals surface area contributed by atoms with Gasteiger partial charge in [-0.05, 0) is 41.9 Å². The molecule has 1 aromatic rings. The van der Waals surface area contributed by atoms with E-state index in [1.54, 1.807) is 0 Å². The van der Waals surface area contributed by atoms with Gasteiger partial charge in [-0.25, -0.2) is 0 Å². The minimum Gasteiger partial charge on any atom is -0.491 e. The van der Waals surface area contributed by atoms with Crippen LogP contribution in [-0.4, -0.2) is 25.7 Å². The highest BCUT2D eigenvalue weighted by Crippen LogP contribution is 2.24. The van der Waals surface area contributed by atoms with E-state index in [-0.39, 0.29) is 0 Å². The molecule has 120 valence electrons. The predicted molar refractivity (Wildman–Crippen MR) is 90.6 cm³/mol. The Morgan fingerprint density at radius 2 is 1.67 bits per heavy atom. The SMILES string of the molecule is CC(C)Cc1ccc(OCCOCCCl)c(CC(C)C)c1. The van der Waals surface area contributed by atoms with Crippen LogP contribution >= 0.6 is 11.6 Å². The molecule has 1 aromatic carbocycles. The number of hydrogen-bond acceptors (Lipinski definition) is 2. The van der Waals surface area contributed by atoms with E-state index in [1.807, 2.05) is 0 Å². The molecule has 0 aliphatic rings. The summed E-state index contributed by atoms with van der Waals surface area (Å²) < 4.78 is 11.2. The number of hydrogen-bond donors (Lipinski definition) is 0. The fraction of sp³-hybridized carbons (Fsp3) is 0.667. The van der Waals surface area contributed by atoms with Gasteiger partial charge in [0.25, 0.3) is 0 Å². The monoisotopic (exact) mass is 312 g/mol. The highest BCUT2D eigenvalue weighted by molar-refractivity contribution is 6.17. The van der Waals surface area contributed by atoms with Crippen molar-refractivity contribution in [1.29, 1.82) is 0 Å². The number of benzene rings is 1. The van der Waals surface area contributed by atoms with Crippen molar-refractivity contribution in [3.63, 3.8) is 0 Å². The first-order valence-corrected chi connectivity index (χ1v) is 8.44. The molecule has 0 aliphatic heterocycles. The van der Waals surface area contributed by atoms with Crippen LogP contribution in [0.25, 0.3) is 0 Å². The summed E-state index contributed by atoms with van der Waals surface area (Å²) in [5, 5.41) is 0. The van der Waals surface area contributed by atoms with Gasteiger partial charge in [0, 0.05) is 5.88 Å². The molecule has 0 aromatic heterocycles. The molecular formula is C18H29ClO2. The van der Waals surface area contributed by atoms with Crippen LogP contribution in [0.3, 0.4) is 0 Å². The Balaban J connectivity index is 2.67. The van der Waals surface area contributed by atoms with Crippen molar-refractivity contribution in [2.45, 2.75) is 40.5 Å². The van der Waals surface area contributed by atoms with Gasteiger partial charge >= 0.3 is 0 Å². The van der Waals surface area contributed by atoms with Crippen molar-refractivity contribution in [1.82, 2.24) is 0 Å². The van der Waals surface area contributed by atoms with Crippen LogP contribution in [-0.2, 0) is 17.6 Å². The number of alkyl halides is 1. The van der Waals surface area contributed by atoms with Crippen LogP contribution in [0, 0.1) is 11.8 Å². The van der Waals surface area contributed by atoms with Gasteiger partial charge in [0.2, 0.25) is 0 Å². The van der Waals surface area contributed by atoms with Gasteiger partial charge < -0.3 is 9.47 Å². The van der Waals surface area contributed by atoms with Gasteiger partial charge in [0.1, 0.15) is 12.4 Å². The van der Waals surface area contributed by atoms with E-state index in [0.717, 1.165) is 18.6 Å². The normalized spacial score (nSPS) is 11.4. The first-order chi connectivity index (χ1) is 10.0. The fourth-order valence-corrected chi connectivity index (χ4v) is 2.45.